The van der Waals surface area contributed by atoms with Crippen LogP contribution >= 0.6 is 11.3 Å². The van der Waals surface area contributed by atoms with Gasteiger partial charge in [-0.05, 0) is 23.1 Å². The summed E-state index contributed by atoms with van der Waals surface area (Å²) in [5.41, 5.74) is -0.522. The predicted molar refractivity (Wildman–Crippen MR) is 74.1 cm³/mol. The van der Waals surface area contributed by atoms with Gasteiger partial charge in [0.25, 0.3) is 5.78 Å². The van der Waals surface area contributed by atoms with Crippen molar-refractivity contribution in [3.8, 4) is 0 Å². The summed E-state index contributed by atoms with van der Waals surface area (Å²) in [6.07, 6.45) is -4.12. The largest absolute Gasteiger partial charge is 0.455 e. The molecule has 0 radical (unpaired) electrons. The molecule has 0 unspecified atom stereocenters. The summed E-state index contributed by atoms with van der Waals surface area (Å²) in [6.45, 7) is 0. The molecule has 0 N–H and O–H groups in total. The fourth-order valence-electron chi connectivity index (χ4n) is 1.64. The van der Waals surface area contributed by atoms with Crippen molar-refractivity contribution in [1.29, 1.82) is 0 Å². The van der Waals surface area contributed by atoms with Crippen LogP contribution in [0.4, 0.5) is 13.2 Å². The molecule has 0 spiro atoms. The number of ketones is 2. The number of thiophene rings is 1. The Bertz CT molecular complexity index is 671. The molecule has 1 aromatic heterocycles. The van der Waals surface area contributed by atoms with E-state index in [0.29, 0.717) is 5.56 Å². The van der Waals surface area contributed by atoms with Crippen LogP contribution in [0.15, 0.2) is 53.4 Å². The Kier molecular flexibility index (Phi) is 4.37. The molecular formula is C15H9F3O2S. The summed E-state index contributed by atoms with van der Waals surface area (Å²) in [4.78, 5) is 23.7. The molecule has 108 valence electrons. The van der Waals surface area contributed by atoms with E-state index in [1.807, 2.05) is 0 Å². The molecule has 0 amide bonds. The van der Waals surface area contributed by atoms with Gasteiger partial charge in [-0.2, -0.15) is 13.2 Å². The van der Waals surface area contributed by atoms with Crippen LogP contribution in [-0.2, 0) is 4.79 Å². The van der Waals surface area contributed by atoms with Crippen molar-refractivity contribution in [1.82, 2.24) is 0 Å². The number of halogens is 3. The molecule has 1 aromatic carbocycles. The first-order valence-corrected chi connectivity index (χ1v) is 6.74. The lowest BCUT2D eigenvalue weighted by molar-refractivity contribution is -0.166. The van der Waals surface area contributed by atoms with Crippen LogP contribution in [0.5, 0.6) is 0 Å². The molecule has 0 atom stereocenters. The molecule has 21 heavy (non-hydrogen) atoms. The molecule has 2 rings (SSSR count). The van der Waals surface area contributed by atoms with Gasteiger partial charge in [-0.1, -0.05) is 36.4 Å². The minimum atomic E-state index is -5.09. The van der Waals surface area contributed by atoms with Gasteiger partial charge in [0.2, 0.25) is 5.78 Å². The molecule has 0 aliphatic heterocycles. The van der Waals surface area contributed by atoms with Gasteiger partial charge in [-0.15, -0.1) is 11.3 Å². The highest BCUT2D eigenvalue weighted by atomic mass is 32.1. The number of carbonyl (C=O) groups is 2. The van der Waals surface area contributed by atoms with Gasteiger partial charge in [-0.25, -0.2) is 0 Å². The highest BCUT2D eigenvalue weighted by molar-refractivity contribution is 7.12. The van der Waals surface area contributed by atoms with Crippen molar-refractivity contribution in [2.45, 2.75) is 6.18 Å². The predicted octanol–water partition coefficient (Wildman–Crippen LogP) is 4.15. The van der Waals surface area contributed by atoms with E-state index < -0.39 is 23.3 Å². The minimum Gasteiger partial charge on any atom is -0.288 e. The first-order chi connectivity index (χ1) is 9.89. The van der Waals surface area contributed by atoms with Crippen LogP contribution in [0.1, 0.15) is 15.2 Å². The Hall–Kier alpha value is -2.21. The number of rotatable bonds is 4. The maximum Gasteiger partial charge on any atom is 0.455 e. The third-order valence-corrected chi connectivity index (χ3v) is 3.47. The smallest absolute Gasteiger partial charge is 0.288 e. The monoisotopic (exact) mass is 310 g/mol. The SMILES string of the molecule is O=C(/C(=C/c1ccccc1)C(=O)C(F)(F)F)c1cccs1. The average molecular weight is 310 g/mol. The summed E-state index contributed by atoms with van der Waals surface area (Å²) >= 11 is 0.988. The Labute approximate surface area is 122 Å². The van der Waals surface area contributed by atoms with E-state index in [1.54, 1.807) is 23.6 Å². The fourth-order valence-corrected chi connectivity index (χ4v) is 2.32. The van der Waals surface area contributed by atoms with Crippen molar-refractivity contribution in [2.24, 2.45) is 0 Å². The topological polar surface area (TPSA) is 34.1 Å². The van der Waals surface area contributed by atoms with E-state index >= 15 is 0 Å². The van der Waals surface area contributed by atoms with Crippen molar-refractivity contribution in [3.05, 3.63) is 63.9 Å². The zero-order valence-electron chi connectivity index (χ0n) is 10.6. The molecule has 2 aromatic rings. The summed E-state index contributed by atoms with van der Waals surface area (Å²) in [5, 5.41) is 1.56. The van der Waals surface area contributed by atoms with E-state index in [4.69, 9.17) is 0 Å². The molecule has 0 bridgehead atoms. The molecule has 0 saturated heterocycles. The molecule has 0 aliphatic rings. The van der Waals surface area contributed by atoms with E-state index in [9.17, 15) is 22.8 Å². The zero-order chi connectivity index (χ0) is 15.5. The molecule has 0 fully saturated rings. The average Bonchev–Trinajstić information content (AvgIpc) is 2.97. The Balaban J connectivity index is 2.48. The van der Waals surface area contributed by atoms with Crippen LogP contribution < -0.4 is 0 Å². The summed E-state index contributed by atoms with van der Waals surface area (Å²) < 4.78 is 38.0. The number of carbonyl (C=O) groups excluding carboxylic acids is 2. The Morgan fingerprint density at radius 2 is 1.67 bits per heavy atom. The van der Waals surface area contributed by atoms with E-state index in [0.717, 1.165) is 17.4 Å². The van der Waals surface area contributed by atoms with Crippen molar-refractivity contribution in [3.63, 3.8) is 0 Å². The van der Waals surface area contributed by atoms with Crippen LogP contribution in [0, 0.1) is 0 Å². The lowest BCUT2D eigenvalue weighted by Gasteiger charge is -2.08. The second kappa shape index (κ2) is 6.05. The Morgan fingerprint density at radius 3 is 2.19 bits per heavy atom. The van der Waals surface area contributed by atoms with Crippen LogP contribution in [0.3, 0.4) is 0 Å². The van der Waals surface area contributed by atoms with E-state index in [2.05, 4.69) is 0 Å². The summed E-state index contributed by atoms with van der Waals surface area (Å²) in [6, 6.07) is 10.9. The molecule has 0 aliphatic carbocycles. The van der Waals surface area contributed by atoms with Gasteiger partial charge in [-0.3, -0.25) is 9.59 Å². The quantitative estimate of drug-likeness (QED) is 0.368. The summed E-state index contributed by atoms with van der Waals surface area (Å²) in [7, 11) is 0. The maximum absolute atomic E-state index is 12.7. The first-order valence-electron chi connectivity index (χ1n) is 5.86. The van der Waals surface area contributed by atoms with Gasteiger partial charge in [0.05, 0.1) is 10.5 Å². The number of hydrogen-bond donors (Lipinski definition) is 0. The summed E-state index contributed by atoms with van der Waals surface area (Å²) in [5.74, 6) is -3.05. The van der Waals surface area contributed by atoms with Crippen molar-refractivity contribution < 1.29 is 22.8 Å². The fraction of sp³-hybridized carbons (Fsp3) is 0.0667. The number of alkyl halides is 3. The van der Waals surface area contributed by atoms with Gasteiger partial charge in [0.1, 0.15) is 0 Å². The zero-order valence-corrected chi connectivity index (χ0v) is 11.4. The molecule has 0 saturated carbocycles. The van der Waals surface area contributed by atoms with Crippen molar-refractivity contribution in [2.75, 3.05) is 0 Å². The highest BCUT2D eigenvalue weighted by Gasteiger charge is 2.43. The lowest BCUT2D eigenvalue weighted by atomic mass is 10.0. The van der Waals surface area contributed by atoms with Crippen molar-refractivity contribution >= 4 is 29.0 Å². The number of Topliss-reactive ketones (excluding diaryl/α,β-unsaturated/α-hetero) is 2. The number of benzene rings is 1. The van der Waals surface area contributed by atoms with Gasteiger partial charge in [0, 0.05) is 0 Å². The first kappa shape index (κ1) is 15.2. The van der Waals surface area contributed by atoms with E-state index in [-0.39, 0.29) is 4.88 Å². The maximum atomic E-state index is 12.7. The van der Waals surface area contributed by atoms with Crippen LogP contribution in [0.25, 0.3) is 6.08 Å². The standard InChI is InChI=1S/C15H9F3O2S/c16-15(17,18)14(20)11(9-10-5-2-1-3-6-10)13(19)12-7-4-8-21-12/h1-9H/b11-9-. The normalized spacial score (nSPS) is 12.2. The number of allylic oxidation sites excluding steroid dienone is 1. The van der Waals surface area contributed by atoms with Crippen LogP contribution in [-0.4, -0.2) is 17.7 Å². The third kappa shape index (κ3) is 3.66. The van der Waals surface area contributed by atoms with Gasteiger partial charge in [0.15, 0.2) is 0 Å². The minimum absolute atomic E-state index is 0.0924. The van der Waals surface area contributed by atoms with Crippen LogP contribution in [0.2, 0.25) is 0 Å². The second-order valence-corrected chi connectivity index (χ2v) is 5.05. The Morgan fingerprint density at radius 1 is 1.00 bits per heavy atom. The molecule has 6 heteroatoms. The second-order valence-electron chi connectivity index (χ2n) is 4.10. The molecule has 1 heterocycles. The number of hydrogen-bond acceptors (Lipinski definition) is 3. The third-order valence-electron chi connectivity index (χ3n) is 2.60. The molecule has 2 nitrogen and oxygen atoms in total. The van der Waals surface area contributed by atoms with E-state index in [1.165, 1.54) is 24.3 Å². The highest BCUT2D eigenvalue weighted by Crippen LogP contribution is 2.26. The van der Waals surface area contributed by atoms with Gasteiger partial charge >= 0.3 is 6.18 Å². The molecular weight excluding hydrogens is 301 g/mol. The van der Waals surface area contributed by atoms with Gasteiger partial charge < -0.3 is 0 Å². The lowest BCUT2D eigenvalue weighted by Crippen LogP contribution is -2.28.